The van der Waals surface area contributed by atoms with Crippen molar-refractivity contribution in [1.82, 2.24) is 9.88 Å². The molecule has 2 N–H and O–H groups in total. The molecule has 1 aromatic carbocycles. The highest BCUT2D eigenvalue weighted by Gasteiger charge is 2.24. The highest BCUT2D eigenvalue weighted by molar-refractivity contribution is 5.72. The zero-order chi connectivity index (χ0) is 15.3. The lowest BCUT2D eigenvalue weighted by Crippen LogP contribution is -2.39. The van der Waals surface area contributed by atoms with Crippen LogP contribution in [-0.2, 0) is 6.42 Å². The Morgan fingerprint density at radius 2 is 1.95 bits per heavy atom. The van der Waals surface area contributed by atoms with Crippen molar-refractivity contribution in [3.8, 4) is 0 Å². The number of aliphatic hydroxyl groups excluding tert-OH is 2. The molecule has 116 valence electrons. The average molecular weight is 292 g/mol. The number of aromatic nitrogens is 1. The molecule has 0 saturated heterocycles. The first kappa shape index (κ1) is 15.9. The van der Waals surface area contributed by atoms with Crippen LogP contribution in [0.3, 0.4) is 0 Å². The summed E-state index contributed by atoms with van der Waals surface area (Å²) in [5.41, 5.74) is 1.27. The Balaban J connectivity index is 1.81. The monoisotopic (exact) mass is 292 g/mol. The maximum atomic E-state index is 9.31. The van der Waals surface area contributed by atoms with E-state index in [1.807, 2.05) is 38.2 Å². The van der Waals surface area contributed by atoms with Gasteiger partial charge in [-0.3, -0.25) is 0 Å². The van der Waals surface area contributed by atoms with Gasteiger partial charge < -0.3 is 19.5 Å². The highest BCUT2D eigenvalue weighted by Crippen LogP contribution is 2.17. The van der Waals surface area contributed by atoms with Gasteiger partial charge in [0.05, 0.1) is 13.2 Å². The van der Waals surface area contributed by atoms with Gasteiger partial charge in [-0.15, -0.1) is 0 Å². The molecule has 0 aliphatic carbocycles. The van der Waals surface area contributed by atoms with E-state index in [1.54, 1.807) is 0 Å². The highest BCUT2D eigenvalue weighted by atomic mass is 16.3. The average Bonchev–Trinajstić information content (AvgIpc) is 2.89. The second-order valence-electron chi connectivity index (χ2n) is 6.04. The molecular weight excluding hydrogens is 268 g/mol. The summed E-state index contributed by atoms with van der Waals surface area (Å²) >= 11 is 0. The van der Waals surface area contributed by atoms with E-state index in [4.69, 9.17) is 4.42 Å². The van der Waals surface area contributed by atoms with Crippen molar-refractivity contribution in [3.05, 3.63) is 30.2 Å². The minimum atomic E-state index is -0.452. The van der Waals surface area contributed by atoms with Gasteiger partial charge in [-0.25, -0.2) is 4.98 Å². The molecule has 0 radical (unpaired) electrons. The Morgan fingerprint density at radius 1 is 1.24 bits per heavy atom. The SMILES string of the molecule is CN(CCCc1nc2ccccc2o1)CC(C)(CO)CO. The summed E-state index contributed by atoms with van der Waals surface area (Å²) in [6.07, 6.45) is 1.71. The lowest BCUT2D eigenvalue weighted by Gasteiger charge is -2.30. The molecule has 0 atom stereocenters. The Hall–Kier alpha value is -1.43. The van der Waals surface area contributed by atoms with Crippen molar-refractivity contribution in [3.63, 3.8) is 0 Å². The first-order valence-electron chi connectivity index (χ1n) is 7.31. The fraction of sp³-hybridized carbons (Fsp3) is 0.562. The van der Waals surface area contributed by atoms with E-state index in [2.05, 4.69) is 9.88 Å². The molecule has 0 unspecified atom stereocenters. The summed E-state index contributed by atoms with van der Waals surface area (Å²) in [7, 11) is 2.00. The summed E-state index contributed by atoms with van der Waals surface area (Å²) in [5, 5.41) is 18.6. The zero-order valence-corrected chi connectivity index (χ0v) is 12.7. The minimum Gasteiger partial charge on any atom is -0.441 e. The summed E-state index contributed by atoms with van der Waals surface area (Å²) in [6.45, 7) is 3.38. The summed E-state index contributed by atoms with van der Waals surface area (Å²) < 4.78 is 5.68. The van der Waals surface area contributed by atoms with Gasteiger partial charge in [0.1, 0.15) is 5.52 Å². The topological polar surface area (TPSA) is 69.7 Å². The van der Waals surface area contributed by atoms with Gasteiger partial charge in [-0.05, 0) is 32.1 Å². The summed E-state index contributed by atoms with van der Waals surface area (Å²) in [6, 6.07) is 7.76. The van der Waals surface area contributed by atoms with Crippen LogP contribution in [-0.4, -0.2) is 53.4 Å². The number of rotatable bonds is 8. The van der Waals surface area contributed by atoms with Crippen LogP contribution in [0, 0.1) is 5.41 Å². The first-order chi connectivity index (χ1) is 10.1. The van der Waals surface area contributed by atoms with Crippen LogP contribution in [0.5, 0.6) is 0 Å². The smallest absolute Gasteiger partial charge is 0.195 e. The lowest BCUT2D eigenvalue weighted by molar-refractivity contribution is 0.0417. The van der Waals surface area contributed by atoms with Crippen molar-refractivity contribution in [2.45, 2.75) is 19.8 Å². The third-order valence-corrected chi connectivity index (χ3v) is 3.68. The van der Waals surface area contributed by atoms with Crippen LogP contribution in [0.15, 0.2) is 28.7 Å². The second kappa shape index (κ2) is 7.02. The normalized spacial score (nSPS) is 12.4. The standard InChI is InChI=1S/C16H24N2O3/c1-16(11-19,12-20)10-18(2)9-5-8-15-17-13-6-3-4-7-14(13)21-15/h3-4,6-7,19-20H,5,8-12H2,1-2H3. The maximum absolute atomic E-state index is 9.31. The number of aryl methyl sites for hydroxylation is 1. The fourth-order valence-electron chi connectivity index (χ4n) is 2.41. The minimum absolute atomic E-state index is 0.0149. The summed E-state index contributed by atoms with van der Waals surface area (Å²) in [5.74, 6) is 0.761. The van der Waals surface area contributed by atoms with E-state index in [0.29, 0.717) is 6.54 Å². The number of hydrogen-bond donors (Lipinski definition) is 2. The van der Waals surface area contributed by atoms with Crippen LogP contribution >= 0.6 is 0 Å². The number of hydrogen-bond acceptors (Lipinski definition) is 5. The predicted molar refractivity (Wildman–Crippen MR) is 82.1 cm³/mol. The van der Waals surface area contributed by atoms with E-state index in [9.17, 15) is 10.2 Å². The molecule has 5 nitrogen and oxygen atoms in total. The Bertz CT molecular complexity index is 530. The molecular formula is C16H24N2O3. The molecule has 21 heavy (non-hydrogen) atoms. The number of para-hydroxylation sites is 2. The molecule has 1 heterocycles. The van der Waals surface area contributed by atoms with Gasteiger partial charge in [-0.2, -0.15) is 0 Å². The van der Waals surface area contributed by atoms with Gasteiger partial charge >= 0.3 is 0 Å². The number of oxazole rings is 1. The molecule has 0 fully saturated rings. The molecule has 0 aliphatic rings. The Kier molecular flexibility index (Phi) is 5.33. The fourth-order valence-corrected chi connectivity index (χ4v) is 2.41. The van der Waals surface area contributed by atoms with Crippen LogP contribution in [0.25, 0.3) is 11.1 Å². The van der Waals surface area contributed by atoms with Crippen molar-refractivity contribution >= 4 is 11.1 Å². The largest absolute Gasteiger partial charge is 0.441 e. The van der Waals surface area contributed by atoms with Crippen molar-refractivity contribution < 1.29 is 14.6 Å². The van der Waals surface area contributed by atoms with Crippen LogP contribution in [0.4, 0.5) is 0 Å². The van der Waals surface area contributed by atoms with Gasteiger partial charge in [0.2, 0.25) is 0 Å². The van der Waals surface area contributed by atoms with Gasteiger partial charge in [0, 0.05) is 18.4 Å². The van der Waals surface area contributed by atoms with E-state index in [1.165, 1.54) is 0 Å². The summed E-state index contributed by atoms with van der Waals surface area (Å²) in [4.78, 5) is 6.57. The van der Waals surface area contributed by atoms with E-state index in [-0.39, 0.29) is 13.2 Å². The van der Waals surface area contributed by atoms with Crippen LogP contribution in [0.1, 0.15) is 19.2 Å². The number of aliphatic hydroxyl groups is 2. The predicted octanol–water partition coefficient (Wildman–Crippen LogP) is 1.68. The van der Waals surface area contributed by atoms with Gasteiger partial charge in [0.25, 0.3) is 0 Å². The third-order valence-electron chi connectivity index (χ3n) is 3.68. The second-order valence-corrected chi connectivity index (χ2v) is 6.04. The molecule has 1 aromatic heterocycles. The van der Waals surface area contributed by atoms with E-state index < -0.39 is 5.41 Å². The Labute approximate surface area is 125 Å². The van der Waals surface area contributed by atoms with Gasteiger partial charge in [-0.1, -0.05) is 19.1 Å². The molecule has 0 saturated carbocycles. The molecule has 5 heteroatoms. The molecule has 0 aliphatic heterocycles. The molecule has 0 amide bonds. The first-order valence-corrected chi connectivity index (χ1v) is 7.31. The molecule has 2 aromatic rings. The lowest BCUT2D eigenvalue weighted by atomic mass is 9.92. The van der Waals surface area contributed by atoms with Crippen molar-refractivity contribution in [1.29, 1.82) is 0 Å². The van der Waals surface area contributed by atoms with Crippen LogP contribution < -0.4 is 0 Å². The maximum Gasteiger partial charge on any atom is 0.195 e. The number of nitrogens with zero attached hydrogens (tertiary/aromatic N) is 2. The van der Waals surface area contributed by atoms with Crippen molar-refractivity contribution in [2.24, 2.45) is 5.41 Å². The van der Waals surface area contributed by atoms with Crippen molar-refractivity contribution in [2.75, 3.05) is 33.4 Å². The van der Waals surface area contributed by atoms with Gasteiger partial charge in [0.15, 0.2) is 11.5 Å². The Morgan fingerprint density at radius 3 is 2.62 bits per heavy atom. The number of benzene rings is 1. The third kappa shape index (κ3) is 4.27. The molecule has 2 rings (SSSR count). The van der Waals surface area contributed by atoms with Crippen LogP contribution in [0.2, 0.25) is 0 Å². The molecule has 0 bridgehead atoms. The number of fused-ring (bicyclic) bond motifs is 1. The molecule has 0 spiro atoms. The zero-order valence-electron chi connectivity index (χ0n) is 12.7. The van der Waals surface area contributed by atoms with E-state index >= 15 is 0 Å². The quantitative estimate of drug-likeness (QED) is 0.775. The van der Waals surface area contributed by atoms with E-state index in [0.717, 1.165) is 36.4 Å².